The lowest BCUT2D eigenvalue weighted by Crippen LogP contribution is -2.53. The Labute approximate surface area is 109 Å². The Kier molecular flexibility index (Phi) is 5.07. The summed E-state index contributed by atoms with van der Waals surface area (Å²) in [5.74, 6) is 2.49. The van der Waals surface area contributed by atoms with E-state index in [-0.39, 0.29) is 0 Å². The molecule has 1 aliphatic heterocycles. The third-order valence-corrected chi connectivity index (χ3v) is 5.42. The maximum atomic E-state index is 2.68. The van der Waals surface area contributed by atoms with Gasteiger partial charge in [-0.2, -0.15) is 0 Å². The largest absolute Gasteiger partial charge is 0.301 e. The molecule has 1 rings (SSSR count). The molecular formula is C16H33N. The summed E-state index contributed by atoms with van der Waals surface area (Å²) < 4.78 is 0. The van der Waals surface area contributed by atoms with E-state index >= 15 is 0 Å². The lowest BCUT2D eigenvalue weighted by molar-refractivity contribution is -0.0518. The van der Waals surface area contributed by atoms with Gasteiger partial charge in [0.25, 0.3) is 0 Å². The first-order valence-electron chi connectivity index (χ1n) is 7.60. The van der Waals surface area contributed by atoms with Crippen molar-refractivity contribution in [1.82, 2.24) is 4.90 Å². The number of nitrogens with zero attached hydrogens (tertiary/aromatic N) is 1. The summed E-state index contributed by atoms with van der Waals surface area (Å²) in [6, 6.07) is 0.710. The van der Waals surface area contributed by atoms with Gasteiger partial charge in [0.2, 0.25) is 0 Å². The quantitative estimate of drug-likeness (QED) is 0.702. The van der Waals surface area contributed by atoms with Crippen LogP contribution in [0.15, 0.2) is 0 Å². The fourth-order valence-electron chi connectivity index (χ4n) is 4.25. The van der Waals surface area contributed by atoms with Crippen molar-refractivity contribution >= 4 is 0 Å². The number of rotatable bonds is 4. The molecule has 0 spiro atoms. The van der Waals surface area contributed by atoms with Gasteiger partial charge in [0, 0.05) is 12.6 Å². The van der Waals surface area contributed by atoms with Crippen LogP contribution in [0.25, 0.3) is 0 Å². The number of hydrogen-bond acceptors (Lipinski definition) is 1. The first-order valence-corrected chi connectivity index (χ1v) is 7.60. The standard InChI is InChI=1S/C16H33N/c1-8-15-11-17(14(6)7)10-9-16(15,12(2)3)13(4)5/h12-15H,8-11H2,1-7H3. The average Bonchev–Trinajstić information content (AvgIpc) is 2.26. The molecule has 0 amide bonds. The van der Waals surface area contributed by atoms with Gasteiger partial charge in [0.15, 0.2) is 0 Å². The van der Waals surface area contributed by atoms with E-state index in [0.29, 0.717) is 11.5 Å². The van der Waals surface area contributed by atoms with Crippen LogP contribution in [-0.4, -0.2) is 24.0 Å². The van der Waals surface area contributed by atoms with Crippen molar-refractivity contribution in [2.45, 2.75) is 67.3 Å². The maximum absolute atomic E-state index is 2.68. The summed E-state index contributed by atoms with van der Waals surface area (Å²) in [5, 5.41) is 0. The topological polar surface area (TPSA) is 3.24 Å². The van der Waals surface area contributed by atoms with E-state index in [1.165, 1.54) is 25.9 Å². The molecule has 102 valence electrons. The summed E-state index contributed by atoms with van der Waals surface area (Å²) in [5.41, 5.74) is 0.570. The van der Waals surface area contributed by atoms with Gasteiger partial charge in [0.1, 0.15) is 0 Å². The number of likely N-dealkylation sites (tertiary alicyclic amines) is 1. The highest BCUT2D eigenvalue weighted by Gasteiger charge is 2.46. The molecule has 1 heterocycles. The molecule has 1 nitrogen and oxygen atoms in total. The van der Waals surface area contributed by atoms with E-state index in [9.17, 15) is 0 Å². The Hall–Kier alpha value is -0.0400. The highest BCUT2D eigenvalue weighted by atomic mass is 15.2. The van der Waals surface area contributed by atoms with Crippen molar-refractivity contribution < 1.29 is 0 Å². The zero-order valence-corrected chi connectivity index (χ0v) is 13.1. The Bertz CT molecular complexity index is 222. The average molecular weight is 239 g/mol. The fourth-order valence-corrected chi connectivity index (χ4v) is 4.25. The van der Waals surface area contributed by atoms with Gasteiger partial charge in [-0.1, -0.05) is 41.0 Å². The van der Waals surface area contributed by atoms with Gasteiger partial charge in [0.05, 0.1) is 0 Å². The Balaban J connectivity index is 2.93. The predicted octanol–water partition coefficient (Wildman–Crippen LogP) is 4.43. The van der Waals surface area contributed by atoms with Crippen molar-refractivity contribution in [3.8, 4) is 0 Å². The van der Waals surface area contributed by atoms with Crippen molar-refractivity contribution in [1.29, 1.82) is 0 Å². The van der Waals surface area contributed by atoms with Crippen LogP contribution >= 0.6 is 0 Å². The van der Waals surface area contributed by atoms with E-state index in [4.69, 9.17) is 0 Å². The molecule has 1 atom stereocenters. The second kappa shape index (κ2) is 5.73. The Morgan fingerprint density at radius 1 is 1.06 bits per heavy atom. The molecule has 0 bridgehead atoms. The lowest BCUT2D eigenvalue weighted by Gasteiger charge is -2.54. The van der Waals surface area contributed by atoms with Gasteiger partial charge < -0.3 is 4.90 Å². The monoisotopic (exact) mass is 239 g/mol. The van der Waals surface area contributed by atoms with E-state index in [2.05, 4.69) is 53.4 Å². The Morgan fingerprint density at radius 3 is 1.94 bits per heavy atom. The van der Waals surface area contributed by atoms with Crippen LogP contribution in [0.1, 0.15) is 61.3 Å². The number of hydrogen-bond donors (Lipinski definition) is 0. The van der Waals surface area contributed by atoms with Crippen molar-refractivity contribution in [3.63, 3.8) is 0 Å². The molecule has 17 heavy (non-hydrogen) atoms. The third kappa shape index (κ3) is 2.70. The SMILES string of the molecule is CCC1CN(C(C)C)CCC1(C(C)C)C(C)C. The first kappa shape index (κ1) is 15.0. The normalized spacial score (nSPS) is 26.1. The smallest absolute Gasteiger partial charge is 0.00387 e. The molecule has 1 saturated heterocycles. The van der Waals surface area contributed by atoms with Gasteiger partial charge in [-0.15, -0.1) is 0 Å². The van der Waals surface area contributed by atoms with Crippen molar-refractivity contribution in [3.05, 3.63) is 0 Å². The molecule has 0 aromatic rings. The molecule has 1 heteroatoms. The minimum absolute atomic E-state index is 0.570. The highest BCUT2D eigenvalue weighted by Crippen LogP contribution is 2.50. The molecule has 1 unspecified atom stereocenters. The highest BCUT2D eigenvalue weighted by molar-refractivity contribution is 4.96. The fraction of sp³-hybridized carbons (Fsp3) is 1.00. The van der Waals surface area contributed by atoms with Crippen LogP contribution in [0.5, 0.6) is 0 Å². The van der Waals surface area contributed by atoms with E-state index in [1.807, 2.05) is 0 Å². The van der Waals surface area contributed by atoms with Gasteiger partial charge >= 0.3 is 0 Å². The van der Waals surface area contributed by atoms with Gasteiger partial charge in [-0.3, -0.25) is 0 Å². The van der Waals surface area contributed by atoms with E-state index < -0.39 is 0 Å². The van der Waals surface area contributed by atoms with E-state index in [1.54, 1.807) is 0 Å². The second-order valence-electron chi connectivity index (χ2n) is 6.87. The number of piperidine rings is 1. The zero-order chi connectivity index (χ0) is 13.2. The van der Waals surface area contributed by atoms with Crippen LogP contribution in [0.2, 0.25) is 0 Å². The summed E-state index contributed by atoms with van der Waals surface area (Å²) in [6.07, 6.45) is 2.72. The molecular weight excluding hydrogens is 206 g/mol. The van der Waals surface area contributed by atoms with Crippen LogP contribution in [0, 0.1) is 23.2 Å². The molecule has 0 aromatic heterocycles. The van der Waals surface area contributed by atoms with Gasteiger partial charge in [-0.25, -0.2) is 0 Å². The molecule has 1 fully saturated rings. The third-order valence-electron chi connectivity index (χ3n) is 5.42. The minimum Gasteiger partial charge on any atom is -0.301 e. The summed E-state index contributed by atoms with van der Waals surface area (Å²) in [7, 11) is 0. The molecule has 0 aliphatic carbocycles. The summed E-state index contributed by atoms with van der Waals surface area (Å²) in [6.45, 7) is 19.4. The summed E-state index contributed by atoms with van der Waals surface area (Å²) >= 11 is 0. The van der Waals surface area contributed by atoms with E-state index in [0.717, 1.165) is 17.8 Å². The van der Waals surface area contributed by atoms with Crippen molar-refractivity contribution in [2.24, 2.45) is 23.2 Å². The maximum Gasteiger partial charge on any atom is 0.00387 e. The minimum atomic E-state index is 0.570. The lowest BCUT2D eigenvalue weighted by atomic mass is 9.57. The molecule has 0 saturated carbocycles. The second-order valence-corrected chi connectivity index (χ2v) is 6.87. The van der Waals surface area contributed by atoms with Crippen molar-refractivity contribution in [2.75, 3.05) is 13.1 Å². The molecule has 0 aromatic carbocycles. The first-order chi connectivity index (χ1) is 7.86. The van der Waals surface area contributed by atoms with Crippen LogP contribution in [-0.2, 0) is 0 Å². The molecule has 0 radical (unpaired) electrons. The molecule has 0 N–H and O–H groups in total. The van der Waals surface area contributed by atoms with Crippen LogP contribution in [0.4, 0.5) is 0 Å². The molecule has 1 aliphatic rings. The summed E-state index contributed by atoms with van der Waals surface area (Å²) in [4.78, 5) is 2.68. The Morgan fingerprint density at radius 2 is 1.59 bits per heavy atom. The predicted molar refractivity (Wildman–Crippen MR) is 77.2 cm³/mol. The van der Waals surface area contributed by atoms with Gasteiger partial charge in [-0.05, 0) is 50.0 Å². The van der Waals surface area contributed by atoms with Crippen LogP contribution < -0.4 is 0 Å². The zero-order valence-electron chi connectivity index (χ0n) is 13.1. The van der Waals surface area contributed by atoms with Crippen LogP contribution in [0.3, 0.4) is 0 Å².